The van der Waals surface area contributed by atoms with E-state index in [-0.39, 0.29) is 17.1 Å². The minimum Gasteiger partial charge on any atom is -0.338 e. The Morgan fingerprint density at radius 1 is 1.37 bits per heavy atom. The van der Waals surface area contributed by atoms with Crippen LogP contribution in [0.4, 0.5) is 8.78 Å². The van der Waals surface area contributed by atoms with Crippen molar-refractivity contribution in [3.05, 3.63) is 58.4 Å². The maximum Gasteiger partial charge on any atom is 0.253 e. The molecule has 2 heterocycles. The summed E-state index contributed by atoms with van der Waals surface area (Å²) in [4.78, 5) is 21.7. The summed E-state index contributed by atoms with van der Waals surface area (Å²) >= 11 is 5.70. The van der Waals surface area contributed by atoms with Crippen LogP contribution in [0.3, 0.4) is 0 Å². The number of nitrogens with one attached hydrogen (secondary N) is 1. The van der Waals surface area contributed by atoms with Gasteiger partial charge in [0.2, 0.25) is 0 Å². The third kappa shape index (κ3) is 4.99. The van der Waals surface area contributed by atoms with Crippen LogP contribution >= 0.6 is 11.6 Å². The van der Waals surface area contributed by atoms with E-state index in [4.69, 9.17) is 17.1 Å². The molecule has 1 aliphatic rings. The van der Waals surface area contributed by atoms with Crippen molar-refractivity contribution >= 4 is 17.5 Å². The molecule has 0 spiro atoms. The number of benzene rings is 1. The lowest BCUT2D eigenvalue weighted by atomic mass is 9.92. The van der Waals surface area contributed by atoms with Crippen molar-refractivity contribution in [3.8, 4) is 0 Å². The first-order valence-corrected chi connectivity index (χ1v) is 8.66. The molecule has 0 radical (unpaired) electrons. The van der Waals surface area contributed by atoms with Gasteiger partial charge in [-0.1, -0.05) is 11.6 Å². The number of carbonyl (C=O) groups is 1. The third-order valence-electron chi connectivity index (χ3n) is 4.04. The maximum atomic E-state index is 15.8. The molecule has 5 nitrogen and oxygen atoms in total. The minimum absolute atomic E-state index is 0.0227. The van der Waals surface area contributed by atoms with Crippen molar-refractivity contribution in [1.29, 1.82) is 0 Å². The Bertz CT molecular complexity index is 960. The average molecular weight is 399 g/mol. The van der Waals surface area contributed by atoms with Crippen molar-refractivity contribution in [3.63, 3.8) is 0 Å². The summed E-state index contributed by atoms with van der Waals surface area (Å²) in [6, 6.07) is 3.22. The molecule has 1 amide bonds. The van der Waals surface area contributed by atoms with Gasteiger partial charge < -0.3 is 10.2 Å². The van der Waals surface area contributed by atoms with Gasteiger partial charge in [-0.15, -0.1) is 0 Å². The van der Waals surface area contributed by atoms with E-state index < -0.39 is 49.8 Å². The Labute approximate surface area is 167 Å². The zero-order valence-corrected chi connectivity index (χ0v) is 15.4. The van der Waals surface area contributed by atoms with Gasteiger partial charge in [-0.25, -0.2) is 18.7 Å². The fourth-order valence-corrected chi connectivity index (χ4v) is 2.68. The molecule has 2 aromatic rings. The fourth-order valence-electron chi connectivity index (χ4n) is 2.50. The number of hydrogen-bond donors (Lipinski definition) is 1. The molecule has 0 aliphatic carbocycles. The van der Waals surface area contributed by atoms with Gasteiger partial charge >= 0.3 is 0 Å². The van der Waals surface area contributed by atoms with Crippen LogP contribution in [0.25, 0.3) is 0 Å². The van der Waals surface area contributed by atoms with Crippen molar-refractivity contribution < 1.29 is 19.1 Å². The Kier molecular flexibility index (Phi) is 4.56. The number of nitrogens with zero attached hydrogens (tertiary/aromatic N) is 3. The molecular formula is C19H21ClF2N4O. The Balaban J connectivity index is 1.75. The van der Waals surface area contributed by atoms with Gasteiger partial charge in [0, 0.05) is 55.8 Å². The SMILES string of the molecule is [2H]C1([2H])CN(C(=O)c2ccc(F)c(Cl)c2)CC([2H])([2H])C1(F)CNCc1ncc(C)cn1. The highest BCUT2D eigenvalue weighted by molar-refractivity contribution is 6.31. The minimum atomic E-state index is -2.93. The van der Waals surface area contributed by atoms with E-state index >= 15 is 4.39 Å². The van der Waals surface area contributed by atoms with Crippen LogP contribution in [0, 0.1) is 12.7 Å². The summed E-state index contributed by atoms with van der Waals surface area (Å²) in [5, 5.41) is 2.39. The van der Waals surface area contributed by atoms with Gasteiger partial charge in [-0.3, -0.25) is 4.79 Å². The molecule has 27 heavy (non-hydrogen) atoms. The molecule has 0 atom stereocenters. The van der Waals surface area contributed by atoms with Crippen molar-refractivity contribution in [2.24, 2.45) is 0 Å². The zero-order chi connectivity index (χ0) is 23.0. The molecule has 1 fully saturated rings. The highest BCUT2D eigenvalue weighted by Gasteiger charge is 2.36. The number of aryl methyl sites for hydroxylation is 1. The van der Waals surface area contributed by atoms with Crippen LogP contribution in [-0.2, 0) is 6.54 Å². The normalized spacial score (nSPS) is 22.3. The highest BCUT2D eigenvalue weighted by Crippen LogP contribution is 2.27. The van der Waals surface area contributed by atoms with Gasteiger partial charge in [0.1, 0.15) is 17.3 Å². The van der Waals surface area contributed by atoms with Crippen molar-refractivity contribution in [2.75, 3.05) is 19.6 Å². The molecule has 0 bridgehead atoms. The van der Waals surface area contributed by atoms with E-state index in [9.17, 15) is 9.18 Å². The van der Waals surface area contributed by atoms with Gasteiger partial charge in [0.25, 0.3) is 5.91 Å². The smallest absolute Gasteiger partial charge is 0.253 e. The van der Waals surface area contributed by atoms with E-state index in [0.717, 1.165) is 28.7 Å². The molecule has 1 aromatic heterocycles. The molecule has 0 unspecified atom stereocenters. The van der Waals surface area contributed by atoms with E-state index in [1.807, 2.05) is 6.92 Å². The van der Waals surface area contributed by atoms with E-state index in [2.05, 4.69) is 15.3 Å². The second kappa shape index (κ2) is 8.27. The Hall–Kier alpha value is -2.12. The second-order valence-electron chi connectivity index (χ2n) is 6.23. The van der Waals surface area contributed by atoms with Crippen molar-refractivity contribution in [2.45, 2.75) is 31.9 Å². The maximum absolute atomic E-state index is 15.8. The summed E-state index contributed by atoms with van der Waals surface area (Å²) in [5.74, 6) is -1.14. The third-order valence-corrected chi connectivity index (χ3v) is 4.33. The van der Waals surface area contributed by atoms with E-state index in [1.165, 1.54) is 0 Å². The average Bonchev–Trinajstić information content (AvgIpc) is 2.69. The van der Waals surface area contributed by atoms with Gasteiger partial charge in [0.15, 0.2) is 0 Å². The Morgan fingerprint density at radius 3 is 2.67 bits per heavy atom. The number of aromatic nitrogens is 2. The lowest BCUT2D eigenvalue weighted by Gasteiger charge is -2.36. The van der Waals surface area contributed by atoms with Gasteiger partial charge in [-0.2, -0.15) is 0 Å². The lowest BCUT2D eigenvalue weighted by Crippen LogP contribution is -2.48. The van der Waals surface area contributed by atoms with E-state index in [1.54, 1.807) is 12.4 Å². The molecular weight excluding hydrogens is 374 g/mol. The van der Waals surface area contributed by atoms with Crippen LogP contribution in [0.2, 0.25) is 5.02 Å². The zero-order valence-electron chi connectivity index (χ0n) is 18.6. The van der Waals surface area contributed by atoms with Crippen LogP contribution in [0.15, 0.2) is 30.6 Å². The monoisotopic (exact) mass is 398 g/mol. The van der Waals surface area contributed by atoms with Gasteiger partial charge in [-0.05, 0) is 30.7 Å². The summed E-state index contributed by atoms with van der Waals surface area (Å²) in [5.41, 5.74) is -2.13. The number of halogens is 3. The second-order valence-corrected chi connectivity index (χ2v) is 6.63. The Morgan fingerprint density at radius 2 is 2.04 bits per heavy atom. The van der Waals surface area contributed by atoms with Crippen molar-refractivity contribution in [1.82, 2.24) is 20.2 Å². The van der Waals surface area contributed by atoms with Crippen LogP contribution < -0.4 is 5.32 Å². The summed E-state index contributed by atoms with van der Waals surface area (Å²) < 4.78 is 62.0. The lowest BCUT2D eigenvalue weighted by molar-refractivity contribution is 0.0434. The first-order chi connectivity index (χ1) is 14.4. The van der Waals surface area contributed by atoms with E-state index in [0.29, 0.717) is 5.82 Å². The van der Waals surface area contributed by atoms with Crippen LogP contribution in [0.1, 0.15) is 40.0 Å². The topological polar surface area (TPSA) is 58.1 Å². The number of rotatable bonds is 5. The van der Waals surface area contributed by atoms with Gasteiger partial charge in [0.05, 0.1) is 11.6 Å². The molecule has 1 N–H and O–H groups in total. The van der Waals surface area contributed by atoms with Crippen LogP contribution in [-0.4, -0.2) is 46.1 Å². The predicted molar refractivity (Wildman–Crippen MR) is 98.9 cm³/mol. The fraction of sp³-hybridized carbons (Fsp3) is 0.421. The predicted octanol–water partition coefficient (Wildman–Crippen LogP) is 3.31. The molecule has 0 saturated carbocycles. The molecule has 8 heteroatoms. The highest BCUT2D eigenvalue weighted by atomic mass is 35.5. The number of piperidine rings is 1. The molecule has 1 aromatic carbocycles. The number of likely N-dealkylation sites (tertiary alicyclic amines) is 1. The number of amides is 1. The number of alkyl halides is 1. The quantitative estimate of drug-likeness (QED) is 0.839. The summed E-state index contributed by atoms with van der Waals surface area (Å²) in [7, 11) is 0. The molecule has 1 aliphatic heterocycles. The first kappa shape index (κ1) is 14.9. The largest absolute Gasteiger partial charge is 0.338 e. The first-order valence-electron chi connectivity index (χ1n) is 10.3. The number of hydrogen-bond acceptors (Lipinski definition) is 4. The number of carbonyl (C=O) groups excluding carboxylic acids is 1. The summed E-state index contributed by atoms with van der Waals surface area (Å²) in [6.07, 6.45) is -2.26. The van der Waals surface area contributed by atoms with Crippen LogP contribution in [0.5, 0.6) is 0 Å². The molecule has 1 saturated heterocycles. The summed E-state index contributed by atoms with van der Waals surface area (Å²) in [6.45, 7) is -0.172. The molecule has 144 valence electrons. The standard InChI is InChI=1S/C19H21ClF2N4O/c1-13-9-24-17(25-10-13)11-23-12-19(22)4-6-26(7-5-19)18(27)14-2-3-16(21)15(20)8-14/h2-3,8-10,23H,4-7,11-12H2,1H3/i4D2,5D2. The molecule has 3 rings (SSSR count).